The van der Waals surface area contributed by atoms with Crippen LogP contribution >= 0.6 is 0 Å². The smallest absolute Gasteiger partial charge is 0.330 e. The summed E-state index contributed by atoms with van der Waals surface area (Å²) < 4.78 is 10.1. The van der Waals surface area contributed by atoms with E-state index in [2.05, 4.69) is 0 Å². The Hall–Kier alpha value is -2.23. The first-order chi connectivity index (χ1) is 8.20. The van der Waals surface area contributed by atoms with Crippen molar-refractivity contribution in [3.63, 3.8) is 0 Å². The molecule has 88 valence electrons. The summed E-state index contributed by atoms with van der Waals surface area (Å²) in [7, 11) is 0. The summed E-state index contributed by atoms with van der Waals surface area (Å²) in [4.78, 5) is 11.2. The molecule has 1 aromatic carbocycles. The molecule has 0 unspecified atom stereocenters. The van der Waals surface area contributed by atoms with Crippen LogP contribution in [-0.4, -0.2) is 17.7 Å². The van der Waals surface area contributed by atoms with E-state index in [0.29, 0.717) is 12.2 Å². The number of rotatable bonds is 3. The third-order valence-corrected chi connectivity index (χ3v) is 2.27. The van der Waals surface area contributed by atoms with Gasteiger partial charge in [-0.1, -0.05) is 0 Å². The van der Waals surface area contributed by atoms with E-state index in [9.17, 15) is 9.90 Å². The van der Waals surface area contributed by atoms with Crippen molar-refractivity contribution >= 4 is 23.0 Å². The Morgan fingerprint density at radius 2 is 2.35 bits per heavy atom. The van der Waals surface area contributed by atoms with E-state index >= 15 is 0 Å². The Kier molecular flexibility index (Phi) is 3.14. The van der Waals surface area contributed by atoms with Gasteiger partial charge in [-0.25, -0.2) is 4.79 Å². The molecule has 0 spiro atoms. The quantitative estimate of drug-likeness (QED) is 0.653. The number of hydrogen-bond acceptors (Lipinski definition) is 4. The summed E-state index contributed by atoms with van der Waals surface area (Å²) in [6, 6.07) is 4.81. The van der Waals surface area contributed by atoms with Gasteiger partial charge in [0, 0.05) is 17.0 Å². The summed E-state index contributed by atoms with van der Waals surface area (Å²) >= 11 is 0. The highest BCUT2D eigenvalue weighted by Crippen LogP contribution is 2.25. The molecule has 4 heteroatoms. The number of benzene rings is 1. The van der Waals surface area contributed by atoms with Crippen molar-refractivity contribution < 1.29 is 19.1 Å². The van der Waals surface area contributed by atoms with Crippen molar-refractivity contribution in [2.45, 2.75) is 6.92 Å². The molecule has 0 fully saturated rings. The van der Waals surface area contributed by atoms with Crippen LogP contribution in [-0.2, 0) is 9.53 Å². The van der Waals surface area contributed by atoms with Gasteiger partial charge < -0.3 is 14.3 Å². The van der Waals surface area contributed by atoms with Crippen LogP contribution in [0.25, 0.3) is 17.0 Å². The molecule has 1 aromatic heterocycles. The second-order valence-corrected chi connectivity index (χ2v) is 3.46. The molecule has 0 atom stereocenters. The molecule has 2 aromatic rings. The first-order valence-corrected chi connectivity index (χ1v) is 5.25. The molecule has 0 saturated carbocycles. The van der Waals surface area contributed by atoms with Gasteiger partial charge in [0.1, 0.15) is 11.3 Å². The van der Waals surface area contributed by atoms with E-state index in [1.165, 1.54) is 12.3 Å². The maximum atomic E-state index is 11.2. The highest BCUT2D eigenvalue weighted by Gasteiger charge is 2.04. The zero-order chi connectivity index (χ0) is 12.3. The average Bonchev–Trinajstić information content (AvgIpc) is 2.69. The molecule has 0 aliphatic heterocycles. The number of carbonyl (C=O) groups excluding carboxylic acids is 1. The molecule has 0 radical (unpaired) electrons. The number of fused-ring (bicyclic) bond motifs is 1. The number of carbonyl (C=O) groups is 1. The van der Waals surface area contributed by atoms with E-state index in [4.69, 9.17) is 9.15 Å². The van der Waals surface area contributed by atoms with Crippen molar-refractivity contribution in [1.29, 1.82) is 0 Å². The maximum Gasteiger partial charge on any atom is 0.330 e. The van der Waals surface area contributed by atoms with Gasteiger partial charge in [0.15, 0.2) is 0 Å². The Bertz CT molecular complexity index is 566. The molecule has 0 bridgehead atoms. The second kappa shape index (κ2) is 4.74. The van der Waals surface area contributed by atoms with E-state index in [-0.39, 0.29) is 5.75 Å². The van der Waals surface area contributed by atoms with Crippen LogP contribution in [0.3, 0.4) is 0 Å². The number of phenolic OH excluding ortho intramolecular Hbond substituents is 1. The van der Waals surface area contributed by atoms with Crippen LogP contribution in [0, 0.1) is 0 Å². The van der Waals surface area contributed by atoms with Crippen molar-refractivity contribution in [1.82, 2.24) is 0 Å². The van der Waals surface area contributed by atoms with Crippen molar-refractivity contribution in [3.05, 3.63) is 36.1 Å². The molecule has 2 rings (SSSR count). The predicted molar refractivity (Wildman–Crippen MR) is 63.5 cm³/mol. The molecule has 0 saturated heterocycles. The third-order valence-electron chi connectivity index (χ3n) is 2.27. The molecule has 0 aliphatic carbocycles. The number of aromatic hydroxyl groups is 1. The maximum absolute atomic E-state index is 11.2. The lowest BCUT2D eigenvalue weighted by Gasteiger charge is -1.94. The normalized spacial score (nSPS) is 11.1. The Balaban J connectivity index is 2.30. The molecule has 4 nitrogen and oxygen atoms in total. The van der Waals surface area contributed by atoms with Crippen LogP contribution < -0.4 is 0 Å². The summed E-state index contributed by atoms with van der Waals surface area (Å²) in [5.41, 5.74) is 1.38. The molecule has 17 heavy (non-hydrogen) atoms. The van der Waals surface area contributed by atoms with Crippen LogP contribution in [0.15, 0.2) is 35.0 Å². The molecular formula is C13H12O4. The van der Waals surface area contributed by atoms with Crippen LogP contribution in [0.5, 0.6) is 5.75 Å². The lowest BCUT2D eigenvalue weighted by atomic mass is 10.1. The summed E-state index contributed by atoms with van der Waals surface area (Å²) in [5.74, 6) is -0.244. The predicted octanol–water partition coefficient (Wildman–Crippen LogP) is 2.71. The Morgan fingerprint density at radius 1 is 1.53 bits per heavy atom. The molecule has 0 aliphatic rings. The monoisotopic (exact) mass is 232 g/mol. The van der Waals surface area contributed by atoms with Gasteiger partial charge in [-0.2, -0.15) is 0 Å². The first kappa shape index (κ1) is 11.3. The van der Waals surface area contributed by atoms with Gasteiger partial charge in [0.05, 0.1) is 12.9 Å². The summed E-state index contributed by atoms with van der Waals surface area (Å²) in [5, 5.41) is 10.1. The molecular weight excluding hydrogens is 220 g/mol. The van der Waals surface area contributed by atoms with Gasteiger partial charge in [-0.3, -0.25) is 0 Å². The van der Waals surface area contributed by atoms with Gasteiger partial charge in [0.25, 0.3) is 0 Å². The minimum absolute atomic E-state index is 0.157. The minimum Gasteiger partial charge on any atom is -0.508 e. The van der Waals surface area contributed by atoms with Crippen LogP contribution in [0.4, 0.5) is 0 Å². The topological polar surface area (TPSA) is 59.7 Å². The van der Waals surface area contributed by atoms with Gasteiger partial charge in [-0.15, -0.1) is 0 Å². The standard InChI is InChI=1S/C13H12O4/c1-2-16-13(15)6-3-9-8-17-12-5-4-10(14)7-11(9)12/h3-8,14H,2H2,1H3/b6-3+. The Morgan fingerprint density at radius 3 is 3.12 bits per heavy atom. The molecule has 1 heterocycles. The van der Waals surface area contributed by atoms with E-state index in [1.807, 2.05) is 0 Å². The van der Waals surface area contributed by atoms with E-state index < -0.39 is 5.97 Å². The SMILES string of the molecule is CCOC(=O)/C=C/c1coc2ccc(O)cc12. The minimum atomic E-state index is -0.401. The summed E-state index contributed by atoms with van der Waals surface area (Å²) in [6.07, 6.45) is 4.46. The molecule has 1 N–H and O–H groups in total. The zero-order valence-electron chi connectivity index (χ0n) is 9.34. The number of ether oxygens (including phenoxy) is 1. The fourth-order valence-corrected chi connectivity index (χ4v) is 1.51. The zero-order valence-corrected chi connectivity index (χ0v) is 9.34. The highest BCUT2D eigenvalue weighted by atomic mass is 16.5. The fraction of sp³-hybridized carbons (Fsp3) is 0.154. The lowest BCUT2D eigenvalue weighted by molar-refractivity contribution is -0.137. The second-order valence-electron chi connectivity index (χ2n) is 3.46. The number of phenols is 1. The van der Waals surface area contributed by atoms with Gasteiger partial charge in [-0.05, 0) is 31.2 Å². The van der Waals surface area contributed by atoms with Crippen molar-refractivity contribution in [2.75, 3.05) is 6.61 Å². The highest BCUT2D eigenvalue weighted by molar-refractivity contribution is 5.93. The van der Waals surface area contributed by atoms with Gasteiger partial charge >= 0.3 is 5.97 Å². The van der Waals surface area contributed by atoms with Crippen molar-refractivity contribution in [3.8, 4) is 5.75 Å². The lowest BCUT2D eigenvalue weighted by Crippen LogP contribution is -1.98. The first-order valence-electron chi connectivity index (χ1n) is 5.25. The third kappa shape index (κ3) is 2.47. The van der Waals surface area contributed by atoms with E-state index in [0.717, 1.165) is 10.9 Å². The number of esters is 1. The van der Waals surface area contributed by atoms with E-state index in [1.54, 1.807) is 31.2 Å². The van der Waals surface area contributed by atoms with Crippen LogP contribution in [0.1, 0.15) is 12.5 Å². The number of furan rings is 1. The number of hydrogen-bond donors (Lipinski definition) is 1. The van der Waals surface area contributed by atoms with Crippen LogP contribution in [0.2, 0.25) is 0 Å². The largest absolute Gasteiger partial charge is 0.508 e. The average molecular weight is 232 g/mol. The molecule has 0 amide bonds. The fourth-order valence-electron chi connectivity index (χ4n) is 1.51. The van der Waals surface area contributed by atoms with Gasteiger partial charge in [0.2, 0.25) is 0 Å². The summed E-state index contributed by atoms with van der Waals surface area (Å²) in [6.45, 7) is 2.09. The Labute approximate surface area is 98.1 Å². The van der Waals surface area contributed by atoms with Crippen molar-refractivity contribution in [2.24, 2.45) is 0 Å².